The molecule has 5 heteroatoms. The van der Waals surface area contributed by atoms with E-state index in [2.05, 4.69) is 20.7 Å². The zero-order chi connectivity index (χ0) is 12.1. The fourth-order valence-corrected chi connectivity index (χ4v) is 1.42. The fourth-order valence-electron chi connectivity index (χ4n) is 1.03. The van der Waals surface area contributed by atoms with Gasteiger partial charge in [0.15, 0.2) is 0 Å². The van der Waals surface area contributed by atoms with Crippen LogP contribution in [0.15, 0.2) is 28.2 Å². The molecule has 1 rings (SSSR count). The Kier molecular flexibility index (Phi) is 4.09. The van der Waals surface area contributed by atoms with Crippen molar-refractivity contribution >= 4 is 28.0 Å². The summed E-state index contributed by atoms with van der Waals surface area (Å²) in [5.41, 5.74) is 0.520. The van der Waals surface area contributed by atoms with Gasteiger partial charge in [0.1, 0.15) is 17.4 Å². The summed E-state index contributed by atoms with van der Waals surface area (Å²) in [6.45, 7) is 0. The molecule has 0 aromatic heterocycles. The quantitative estimate of drug-likeness (QED) is 0.513. The number of rotatable bonds is 2. The zero-order valence-corrected chi connectivity index (χ0v) is 9.98. The Bertz CT molecular complexity index is 488. The number of nitriles is 1. The van der Waals surface area contributed by atoms with Gasteiger partial charge in [-0.2, -0.15) is 5.26 Å². The van der Waals surface area contributed by atoms with E-state index >= 15 is 0 Å². The van der Waals surface area contributed by atoms with Crippen LogP contribution in [0.25, 0.3) is 6.08 Å². The van der Waals surface area contributed by atoms with Crippen molar-refractivity contribution in [1.82, 2.24) is 0 Å². The standard InChI is InChI=1S/C11H8BrNO3/c1-16-11(15)8(6-13)4-7-2-3-10(14)9(12)5-7/h2-5,14H,1H3/b8-4-. The van der Waals surface area contributed by atoms with Crippen LogP contribution in [0.1, 0.15) is 5.56 Å². The maximum Gasteiger partial charge on any atom is 0.348 e. The molecule has 0 saturated carbocycles. The van der Waals surface area contributed by atoms with Gasteiger partial charge < -0.3 is 9.84 Å². The molecule has 1 N–H and O–H groups in total. The molecule has 82 valence electrons. The molecule has 0 saturated heterocycles. The Hall–Kier alpha value is -1.80. The first kappa shape index (κ1) is 12.3. The summed E-state index contributed by atoms with van der Waals surface area (Å²) in [5, 5.41) is 18.0. The van der Waals surface area contributed by atoms with Crippen LogP contribution in [0.2, 0.25) is 0 Å². The van der Waals surface area contributed by atoms with Crippen molar-refractivity contribution in [2.75, 3.05) is 7.11 Å². The van der Waals surface area contributed by atoms with Crippen molar-refractivity contribution in [3.8, 4) is 11.8 Å². The summed E-state index contributed by atoms with van der Waals surface area (Å²) in [6, 6.07) is 6.38. The molecule has 16 heavy (non-hydrogen) atoms. The van der Waals surface area contributed by atoms with Crippen LogP contribution >= 0.6 is 15.9 Å². The van der Waals surface area contributed by atoms with Crippen molar-refractivity contribution in [3.05, 3.63) is 33.8 Å². The average molecular weight is 282 g/mol. The van der Waals surface area contributed by atoms with Crippen molar-refractivity contribution in [2.45, 2.75) is 0 Å². The molecule has 0 heterocycles. The first-order chi connectivity index (χ1) is 7.58. The van der Waals surface area contributed by atoms with Gasteiger partial charge in [0.2, 0.25) is 0 Å². The number of ether oxygens (including phenoxy) is 1. The molecule has 0 radical (unpaired) electrons. The van der Waals surface area contributed by atoms with E-state index in [9.17, 15) is 9.90 Å². The maximum atomic E-state index is 11.1. The third-order valence-electron chi connectivity index (χ3n) is 1.81. The highest BCUT2D eigenvalue weighted by atomic mass is 79.9. The summed E-state index contributed by atoms with van der Waals surface area (Å²) < 4.78 is 4.93. The van der Waals surface area contributed by atoms with Gasteiger partial charge in [-0.3, -0.25) is 0 Å². The second-order valence-electron chi connectivity index (χ2n) is 2.87. The zero-order valence-electron chi connectivity index (χ0n) is 8.40. The minimum absolute atomic E-state index is 0.0914. The van der Waals surface area contributed by atoms with Gasteiger partial charge in [-0.25, -0.2) is 4.79 Å². The van der Waals surface area contributed by atoms with E-state index in [0.717, 1.165) is 0 Å². The summed E-state index contributed by atoms with van der Waals surface area (Å²) in [7, 11) is 1.21. The number of phenols is 1. The number of esters is 1. The Labute approximate surface area is 101 Å². The summed E-state index contributed by atoms with van der Waals surface area (Å²) in [5.74, 6) is -0.597. The normalized spacial score (nSPS) is 10.7. The number of nitrogens with zero attached hydrogens (tertiary/aromatic N) is 1. The predicted octanol–water partition coefficient (Wildman–Crippen LogP) is 2.23. The highest BCUT2D eigenvalue weighted by Crippen LogP contribution is 2.25. The molecule has 0 amide bonds. The Balaban J connectivity index is 3.10. The summed E-state index contributed by atoms with van der Waals surface area (Å²) >= 11 is 3.13. The third kappa shape index (κ3) is 2.84. The van der Waals surface area contributed by atoms with Crippen LogP contribution in [0.4, 0.5) is 0 Å². The summed E-state index contributed by atoms with van der Waals surface area (Å²) in [4.78, 5) is 11.1. The van der Waals surface area contributed by atoms with Gasteiger partial charge >= 0.3 is 5.97 Å². The van der Waals surface area contributed by atoms with E-state index in [4.69, 9.17) is 5.26 Å². The topological polar surface area (TPSA) is 70.3 Å². The molecule has 1 aromatic rings. The Morgan fingerprint density at radius 1 is 1.62 bits per heavy atom. The molecular weight excluding hydrogens is 274 g/mol. The fraction of sp³-hybridized carbons (Fsp3) is 0.0909. The van der Waals surface area contributed by atoms with Crippen LogP contribution in [0.5, 0.6) is 5.75 Å². The molecular formula is C11H8BrNO3. The lowest BCUT2D eigenvalue weighted by Crippen LogP contribution is -2.02. The highest BCUT2D eigenvalue weighted by Gasteiger charge is 2.08. The van der Waals surface area contributed by atoms with Crippen molar-refractivity contribution in [2.24, 2.45) is 0 Å². The number of carbonyl (C=O) groups excluding carboxylic acids is 1. The number of aromatic hydroxyl groups is 1. The molecule has 0 spiro atoms. The number of phenolic OH excluding ortho intramolecular Hbond substituents is 1. The number of methoxy groups -OCH3 is 1. The van der Waals surface area contributed by atoms with E-state index in [-0.39, 0.29) is 11.3 Å². The molecule has 0 aliphatic rings. The van der Waals surface area contributed by atoms with Crippen LogP contribution in [-0.4, -0.2) is 18.2 Å². The van der Waals surface area contributed by atoms with Crippen molar-refractivity contribution < 1.29 is 14.6 Å². The van der Waals surface area contributed by atoms with E-state index in [1.807, 2.05) is 0 Å². The van der Waals surface area contributed by atoms with E-state index < -0.39 is 5.97 Å². The van der Waals surface area contributed by atoms with Gasteiger partial charge in [-0.15, -0.1) is 0 Å². The van der Waals surface area contributed by atoms with Crippen LogP contribution < -0.4 is 0 Å². The molecule has 0 unspecified atom stereocenters. The third-order valence-corrected chi connectivity index (χ3v) is 2.44. The Morgan fingerprint density at radius 3 is 2.81 bits per heavy atom. The molecule has 0 bridgehead atoms. The average Bonchev–Trinajstić information content (AvgIpc) is 2.29. The number of benzene rings is 1. The summed E-state index contributed by atoms with van der Waals surface area (Å²) in [6.07, 6.45) is 1.38. The predicted molar refractivity (Wildman–Crippen MR) is 61.4 cm³/mol. The first-order valence-electron chi connectivity index (χ1n) is 4.27. The molecule has 0 fully saturated rings. The van der Waals surface area contributed by atoms with Crippen molar-refractivity contribution in [1.29, 1.82) is 5.26 Å². The van der Waals surface area contributed by atoms with Crippen LogP contribution in [-0.2, 0) is 9.53 Å². The first-order valence-corrected chi connectivity index (χ1v) is 5.06. The number of halogens is 1. The van der Waals surface area contributed by atoms with Gasteiger partial charge in [0.05, 0.1) is 11.6 Å². The molecule has 0 aliphatic heterocycles. The van der Waals surface area contributed by atoms with Gasteiger partial charge in [-0.05, 0) is 39.7 Å². The Morgan fingerprint density at radius 2 is 2.31 bits per heavy atom. The minimum Gasteiger partial charge on any atom is -0.507 e. The molecule has 0 atom stereocenters. The minimum atomic E-state index is -0.688. The maximum absolute atomic E-state index is 11.1. The van der Waals surface area contributed by atoms with E-state index in [1.54, 1.807) is 18.2 Å². The second-order valence-corrected chi connectivity index (χ2v) is 3.73. The van der Waals surface area contributed by atoms with Gasteiger partial charge in [0, 0.05) is 0 Å². The number of hydrogen-bond donors (Lipinski definition) is 1. The second kappa shape index (κ2) is 5.33. The monoisotopic (exact) mass is 281 g/mol. The van der Waals surface area contributed by atoms with Crippen LogP contribution in [0, 0.1) is 11.3 Å². The number of hydrogen-bond acceptors (Lipinski definition) is 4. The van der Waals surface area contributed by atoms with Gasteiger partial charge in [-0.1, -0.05) is 6.07 Å². The van der Waals surface area contributed by atoms with Gasteiger partial charge in [0.25, 0.3) is 0 Å². The number of carbonyl (C=O) groups is 1. The van der Waals surface area contributed by atoms with E-state index in [0.29, 0.717) is 10.0 Å². The van der Waals surface area contributed by atoms with Crippen molar-refractivity contribution in [3.63, 3.8) is 0 Å². The van der Waals surface area contributed by atoms with E-state index in [1.165, 1.54) is 19.3 Å². The smallest absolute Gasteiger partial charge is 0.348 e. The molecule has 1 aromatic carbocycles. The largest absolute Gasteiger partial charge is 0.507 e. The molecule has 4 nitrogen and oxygen atoms in total. The SMILES string of the molecule is COC(=O)/C(C#N)=C\c1ccc(O)c(Br)c1. The lowest BCUT2D eigenvalue weighted by atomic mass is 10.1. The lowest BCUT2D eigenvalue weighted by Gasteiger charge is -1.99. The van der Waals surface area contributed by atoms with Crippen LogP contribution in [0.3, 0.4) is 0 Å². The highest BCUT2D eigenvalue weighted by molar-refractivity contribution is 9.10. The molecule has 0 aliphatic carbocycles. The lowest BCUT2D eigenvalue weighted by molar-refractivity contribution is -0.135.